The number of nitrogens with zero attached hydrogens (tertiary/aromatic N) is 1. The summed E-state index contributed by atoms with van der Waals surface area (Å²) in [7, 11) is 0. The van der Waals surface area contributed by atoms with Gasteiger partial charge in [-0.15, -0.1) is 0 Å². The minimum atomic E-state index is -1.71. The van der Waals surface area contributed by atoms with E-state index >= 15 is 0 Å². The normalized spacial score (nSPS) is 31.1. The lowest BCUT2D eigenvalue weighted by molar-refractivity contribution is -0.232. The summed E-state index contributed by atoms with van der Waals surface area (Å²) >= 11 is 1.10. The van der Waals surface area contributed by atoms with E-state index in [4.69, 9.17) is 9.84 Å². The summed E-state index contributed by atoms with van der Waals surface area (Å²) in [4.78, 5) is 16.6. The number of rotatable bonds is 6. The highest BCUT2D eigenvalue weighted by molar-refractivity contribution is 7.17. The Labute approximate surface area is 143 Å². The van der Waals surface area contributed by atoms with Gasteiger partial charge in [-0.25, -0.2) is 4.98 Å². The number of Topliss-reactive ketones (excluding diaryl/α,β-unsaturated/α-hetero) is 1. The number of carbonyl (C=O) groups excluding carboxylic acids is 1. The molecular weight excluding hydrogens is 336 g/mol. The second-order valence-electron chi connectivity index (χ2n) is 5.72. The van der Waals surface area contributed by atoms with E-state index in [-0.39, 0.29) is 25.4 Å². The predicted octanol–water partition coefficient (Wildman–Crippen LogP) is -0.105. The van der Waals surface area contributed by atoms with Gasteiger partial charge in [0.1, 0.15) is 17.8 Å². The predicted molar refractivity (Wildman–Crippen MR) is 87.9 cm³/mol. The Bertz CT molecular complexity index is 619. The second kappa shape index (κ2) is 7.68. The molecule has 1 aliphatic heterocycles. The Kier molecular flexibility index (Phi) is 6.07. The van der Waals surface area contributed by atoms with Crippen LogP contribution in [0.3, 0.4) is 0 Å². The SMILES string of the molecule is CC=C(C)C(=O)c1cnc(NC2OCC(O)(CCO)C(O)C2O)s1. The maximum Gasteiger partial charge on any atom is 0.200 e. The number of anilines is 1. The van der Waals surface area contributed by atoms with E-state index in [0.29, 0.717) is 15.6 Å². The molecule has 0 aromatic carbocycles. The first-order valence-electron chi connectivity index (χ1n) is 7.53. The fraction of sp³-hybridized carbons (Fsp3) is 0.600. The molecule has 9 heteroatoms. The highest BCUT2D eigenvalue weighted by atomic mass is 32.1. The monoisotopic (exact) mass is 358 g/mol. The maximum absolute atomic E-state index is 12.1. The molecule has 1 aromatic heterocycles. The number of hydrogen-bond donors (Lipinski definition) is 5. The van der Waals surface area contributed by atoms with Crippen molar-refractivity contribution in [1.29, 1.82) is 0 Å². The van der Waals surface area contributed by atoms with Gasteiger partial charge in [-0.3, -0.25) is 4.79 Å². The van der Waals surface area contributed by atoms with Crippen LogP contribution in [0.5, 0.6) is 0 Å². The van der Waals surface area contributed by atoms with Crippen molar-refractivity contribution < 1.29 is 30.0 Å². The largest absolute Gasteiger partial charge is 0.396 e. The Hall–Kier alpha value is -1.36. The number of aliphatic hydroxyl groups is 4. The smallest absolute Gasteiger partial charge is 0.200 e. The Morgan fingerprint density at radius 1 is 1.58 bits per heavy atom. The van der Waals surface area contributed by atoms with Gasteiger partial charge in [0, 0.05) is 13.0 Å². The number of ketones is 1. The van der Waals surface area contributed by atoms with E-state index in [9.17, 15) is 20.1 Å². The molecule has 2 heterocycles. The van der Waals surface area contributed by atoms with Gasteiger partial charge in [-0.05, 0) is 19.4 Å². The van der Waals surface area contributed by atoms with Gasteiger partial charge < -0.3 is 30.5 Å². The number of thiazole rings is 1. The third-order valence-corrected chi connectivity index (χ3v) is 4.96. The molecule has 5 N–H and O–H groups in total. The van der Waals surface area contributed by atoms with Gasteiger partial charge in [0.2, 0.25) is 0 Å². The first kappa shape index (κ1) is 19.0. The number of aliphatic hydroxyl groups excluding tert-OH is 3. The van der Waals surface area contributed by atoms with E-state index < -0.39 is 24.0 Å². The summed E-state index contributed by atoms with van der Waals surface area (Å²) in [6, 6.07) is 0. The van der Waals surface area contributed by atoms with Gasteiger partial charge in [0.05, 0.1) is 17.7 Å². The van der Waals surface area contributed by atoms with Gasteiger partial charge in [-0.1, -0.05) is 17.4 Å². The number of hydrogen-bond acceptors (Lipinski definition) is 9. The molecule has 1 aliphatic rings. The lowest BCUT2D eigenvalue weighted by Crippen LogP contribution is -2.63. The molecule has 0 aliphatic carbocycles. The molecule has 1 aromatic rings. The maximum atomic E-state index is 12.1. The van der Waals surface area contributed by atoms with E-state index in [1.165, 1.54) is 6.20 Å². The van der Waals surface area contributed by atoms with Crippen molar-refractivity contribution in [2.24, 2.45) is 0 Å². The summed E-state index contributed by atoms with van der Waals surface area (Å²) in [5, 5.41) is 42.5. The minimum Gasteiger partial charge on any atom is -0.396 e. The van der Waals surface area contributed by atoms with E-state index in [1.807, 2.05) is 0 Å². The van der Waals surface area contributed by atoms with Crippen LogP contribution in [-0.2, 0) is 4.74 Å². The highest BCUT2D eigenvalue weighted by Crippen LogP contribution is 2.29. The van der Waals surface area contributed by atoms with E-state index in [0.717, 1.165) is 11.3 Å². The van der Waals surface area contributed by atoms with Crippen molar-refractivity contribution in [1.82, 2.24) is 4.98 Å². The van der Waals surface area contributed by atoms with E-state index in [1.54, 1.807) is 19.9 Å². The van der Waals surface area contributed by atoms with Gasteiger partial charge in [-0.2, -0.15) is 0 Å². The van der Waals surface area contributed by atoms with Gasteiger partial charge >= 0.3 is 0 Å². The molecule has 0 radical (unpaired) electrons. The van der Waals surface area contributed by atoms with Crippen LogP contribution in [0, 0.1) is 0 Å². The van der Waals surface area contributed by atoms with Crippen LogP contribution in [0.25, 0.3) is 0 Å². The number of aromatic nitrogens is 1. The third-order valence-electron chi connectivity index (χ3n) is 4.03. The molecule has 24 heavy (non-hydrogen) atoms. The number of allylic oxidation sites excluding steroid dienone is 2. The summed E-state index contributed by atoms with van der Waals surface area (Å²) in [6.07, 6.45) is -0.873. The van der Waals surface area contributed by atoms with Crippen molar-refractivity contribution in [2.45, 2.75) is 44.3 Å². The molecule has 2 rings (SSSR count). The van der Waals surface area contributed by atoms with Crippen LogP contribution in [0.1, 0.15) is 29.9 Å². The van der Waals surface area contributed by atoms with Crippen molar-refractivity contribution in [3.05, 3.63) is 22.7 Å². The first-order valence-corrected chi connectivity index (χ1v) is 8.35. The zero-order valence-electron chi connectivity index (χ0n) is 13.5. The van der Waals surface area contributed by atoms with Crippen molar-refractivity contribution in [2.75, 3.05) is 18.5 Å². The summed E-state index contributed by atoms with van der Waals surface area (Å²) in [5.74, 6) is -0.134. The first-order chi connectivity index (χ1) is 11.3. The molecule has 1 fully saturated rings. The van der Waals surface area contributed by atoms with Gasteiger partial charge in [0.15, 0.2) is 17.1 Å². The fourth-order valence-electron chi connectivity index (χ4n) is 2.34. The third kappa shape index (κ3) is 3.82. The molecule has 4 atom stereocenters. The molecule has 0 spiro atoms. The van der Waals surface area contributed by atoms with Crippen molar-refractivity contribution in [3.63, 3.8) is 0 Å². The molecule has 4 unspecified atom stereocenters. The van der Waals surface area contributed by atoms with Gasteiger partial charge in [0.25, 0.3) is 0 Å². The lowest BCUT2D eigenvalue weighted by Gasteiger charge is -2.43. The van der Waals surface area contributed by atoms with Crippen molar-refractivity contribution >= 4 is 22.3 Å². The van der Waals surface area contributed by atoms with Crippen LogP contribution in [-0.4, -0.2) is 68.4 Å². The molecule has 134 valence electrons. The number of ether oxygens (including phenoxy) is 1. The van der Waals surface area contributed by atoms with Crippen LogP contribution in [0.4, 0.5) is 5.13 Å². The Balaban J connectivity index is 2.05. The molecule has 1 saturated heterocycles. The minimum absolute atomic E-state index is 0.115. The second-order valence-corrected chi connectivity index (χ2v) is 6.75. The average Bonchev–Trinajstić information content (AvgIpc) is 3.03. The summed E-state index contributed by atoms with van der Waals surface area (Å²) in [6.45, 7) is 2.89. The summed E-state index contributed by atoms with van der Waals surface area (Å²) < 4.78 is 5.36. The Morgan fingerprint density at radius 3 is 2.92 bits per heavy atom. The molecule has 0 saturated carbocycles. The molecular formula is C15H22N2O6S. The number of nitrogens with one attached hydrogen (secondary N) is 1. The van der Waals surface area contributed by atoms with Crippen LogP contribution >= 0.6 is 11.3 Å². The molecule has 0 bridgehead atoms. The average molecular weight is 358 g/mol. The standard InChI is InChI=1S/C15H22N2O6S/c1-3-8(2)10(19)9-6-16-14(24-9)17-13-11(20)12(21)15(22,4-5-18)7-23-13/h3,6,11-13,18,20-22H,4-5,7H2,1-2H3,(H,16,17). The van der Waals surface area contributed by atoms with Crippen LogP contribution in [0.2, 0.25) is 0 Å². The molecule has 0 amide bonds. The van der Waals surface area contributed by atoms with Crippen LogP contribution < -0.4 is 5.32 Å². The Morgan fingerprint density at radius 2 is 2.29 bits per heavy atom. The van der Waals surface area contributed by atoms with Crippen molar-refractivity contribution in [3.8, 4) is 0 Å². The molecule has 8 nitrogen and oxygen atoms in total. The summed E-state index contributed by atoms with van der Waals surface area (Å²) in [5.41, 5.74) is -1.11. The topological polar surface area (TPSA) is 132 Å². The number of carbonyl (C=O) groups is 1. The highest BCUT2D eigenvalue weighted by Gasteiger charge is 2.48. The quantitative estimate of drug-likeness (QED) is 0.352. The zero-order chi connectivity index (χ0) is 17.9. The zero-order valence-corrected chi connectivity index (χ0v) is 14.3. The fourth-order valence-corrected chi connectivity index (χ4v) is 3.18. The lowest BCUT2D eigenvalue weighted by atomic mass is 9.87. The van der Waals surface area contributed by atoms with Crippen LogP contribution in [0.15, 0.2) is 17.8 Å². The van der Waals surface area contributed by atoms with E-state index in [2.05, 4.69) is 10.3 Å².